The monoisotopic (exact) mass is 680 g/mol. The Hall–Kier alpha value is -3.97. The van der Waals surface area contributed by atoms with Crippen molar-refractivity contribution in [1.82, 2.24) is 9.21 Å². The van der Waals surface area contributed by atoms with Crippen LogP contribution in [0.2, 0.25) is 0 Å². The number of rotatable bonds is 8. The van der Waals surface area contributed by atoms with Crippen molar-refractivity contribution >= 4 is 33.3 Å². The molecule has 0 fully saturated rings. The Morgan fingerprint density at radius 3 is 2.40 bits per heavy atom. The predicted octanol–water partition coefficient (Wildman–Crippen LogP) is 5.76. The van der Waals surface area contributed by atoms with Crippen molar-refractivity contribution in [3.8, 4) is 5.75 Å². The summed E-state index contributed by atoms with van der Waals surface area (Å²) >= 11 is 0. The first-order valence-electron chi connectivity index (χ1n) is 16.4. The van der Waals surface area contributed by atoms with E-state index in [0.29, 0.717) is 30.2 Å². The van der Waals surface area contributed by atoms with E-state index in [-0.39, 0.29) is 42.2 Å². The summed E-state index contributed by atoms with van der Waals surface area (Å²) in [5.41, 5.74) is 2.21. The molecule has 11 nitrogen and oxygen atoms in total. The summed E-state index contributed by atoms with van der Waals surface area (Å²) in [4.78, 5) is 28.9. The summed E-state index contributed by atoms with van der Waals surface area (Å²) in [6.07, 6.45) is 1.49. The van der Waals surface area contributed by atoms with Crippen LogP contribution in [0, 0.1) is 12.8 Å². The lowest BCUT2D eigenvalue weighted by molar-refractivity contribution is -0.00833. The second-order valence-corrected chi connectivity index (χ2v) is 14.6. The van der Waals surface area contributed by atoms with Crippen LogP contribution in [0.4, 0.5) is 16.2 Å². The molecule has 0 aromatic heterocycles. The van der Waals surface area contributed by atoms with Gasteiger partial charge in [-0.2, -0.15) is 4.31 Å². The molecule has 1 heterocycles. The lowest BCUT2D eigenvalue weighted by atomic mass is 10.0. The van der Waals surface area contributed by atoms with E-state index >= 15 is 0 Å². The van der Waals surface area contributed by atoms with Gasteiger partial charge in [-0.05, 0) is 82.5 Å². The van der Waals surface area contributed by atoms with Gasteiger partial charge in [0.15, 0.2) is 0 Å². The Bertz CT molecular complexity index is 1620. The minimum Gasteiger partial charge on any atom is -0.490 e. The van der Waals surface area contributed by atoms with Crippen LogP contribution in [0.25, 0.3) is 0 Å². The Labute approximate surface area is 284 Å². The number of amides is 3. The molecule has 3 aromatic rings. The van der Waals surface area contributed by atoms with E-state index in [1.54, 1.807) is 66.4 Å². The molecule has 48 heavy (non-hydrogen) atoms. The molecule has 0 aliphatic carbocycles. The Kier molecular flexibility index (Phi) is 13.0. The third-order valence-electron chi connectivity index (χ3n) is 8.51. The second kappa shape index (κ2) is 16.9. The maximum Gasteiger partial charge on any atom is 0.323 e. The summed E-state index contributed by atoms with van der Waals surface area (Å²) in [6, 6.07) is 19.6. The van der Waals surface area contributed by atoms with E-state index in [9.17, 15) is 23.1 Å². The lowest BCUT2D eigenvalue weighted by Gasteiger charge is -2.35. The van der Waals surface area contributed by atoms with Crippen LogP contribution in [0.3, 0.4) is 0 Å². The van der Waals surface area contributed by atoms with Crippen LogP contribution >= 0.6 is 0 Å². The molecule has 0 saturated heterocycles. The number of aliphatic hydroxyl groups is 1. The zero-order chi connectivity index (χ0) is 34.8. The van der Waals surface area contributed by atoms with Gasteiger partial charge in [-0.3, -0.25) is 4.79 Å². The first-order valence-corrected chi connectivity index (χ1v) is 17.8. The minimum atomic E-state index is -3.79. The van der Waals surface area contributed by atoms with Gasteiger partial charge in [0, 0.05) is 44.0 Å². The molecule has 3 N–H and O–H groups in total. The number of fused-ring (bicyclic) bond motifs is 1. The molecule has 0 radical (unpaired) electrons. The molecule has 3 aromatic carbocycles. The number of sulfonamides is 1. The highest BCUT2D eigenvalue weighted by Gasteiger charge is 2.32. The number of ether oxygens (including phenoxy) is 2. The van der Waals surface area contributed by atoms with Crippen LogP contribution in [0.15, 0.2) is 77.7 Å². The van der Waals surface area contributed by atoms with Gasteiger partial charge in [0.2, 0.25) is 10.0 Å². The number of hydrogen-bond acceptors (Lipinski definition) is 7. The summed E-state index contributed by atoms with van der Waals surface area (Å²) in [6.45, 7) is 7.87. The molecule has 4 atom stereocenters. The lowest BCUT2D eigenvalue weighted by Crippen LogP contribution is -2.48. The second-order valence-electron chi connectivity index (χ2n) is 12.6. The molecule has 4 rings (SSSR count). The topological polar surface area (TPSA) is 138 Å². The zero-order valence-electron chi connectivity index (χ0n) is 28.4. The van der Waals surface area contributed by atoms with Crippen LogP contribution in [-0.4, -0.2) is 86.3 Å². The molecule has 3 amide bonds. The third kappa shape index (κ3) is 9.79. The van der Waals surface area contributed by atoms with Crippen LogP contribution in [-0.2, 0) is 14.8 Å². The largest absolute Gasteiger partial charge is 0.490 e. The quantitative estimate of drug-likeness (QED) is 0.275. The first kappa shape index (κ1) is 36.9. The number of aliphatic hydroxyl groups excluding tert-OH is 1. The number of likely N-dealkylation sites (N-methyl/N-ethyl adjacent to an activating group) is 1. The van der Waals surface area contributed by atoms with Gasteiger partial charge in [0.25, 0.3) is 5.91 Å². The molecule has 12 heteroatoms. The van der Waals surface area contributed by atoms with Gasteiger partial charge < -0.3 is 30.1 Å². The van der Waals surface area contributed by atoms with Gasteiger partial charge >= 0.3 is 6.03 Å². The van der Waals surface area contributed by atoms with Gasteiger partial charge in [-0.15, -0.1) is 0 Å². The number of urea groups is 1. The van der Waals surface area contributed by atoms with E-state index in [4.69, 9.17) is 9.47 Å². The van der Waals surface area contributed by atoms with E-state index in [0.717, 1.165) is 18.4 Å². The number of anilines is 2. The molecule has 1 aliphatic rings. The van der Waals surface area contributed by atoms with E-state index in [2.05, 4.69) is 10.6 Å². The third-order valence-corrected chi connectivity index (χ3v) is 10.3. The highest BCUT2D eigenvalue weighted by atomic mass is 32.2. The average Bonchev–Trinajstić information content (AvgIpc) is 3.06. The number of benzene rings is 3. The fraction of sp³-hybridized carbons (Fsp3) is 0.444. The average molecular weight is 681 g/mol. The SMILES string of the molecule is Cc1ccc(S(=O)(=O)N(C)C[C@@H]2OCCCC[C@H](C)Oc3ccc(NC(=O)Nc4ccccc4)cc3C(=O)N([C@@H](C)CO)C[C@H]2C)cc1. The van der Waals surface area contributed by atoms with Crippen LogP contribution < -0.4 is 15.4 Å². The molecular formula is C36H48N4O7S. The van der Waals surface area contributed by atoms with Crippen LogP contribution in [0.5, 0.6) is 5.75 Å². The van der Waals surface area contributed by atoms with Crippen molar-refractivity contribution in [2.45, 2.75) is 70.1 Å². The summed E-state index contributed by atoms with van der Waals surface area (Å²) in [7, 11) is -2.25. The number of hydrogen-bond donors (Lipinski definition) is 3. The van der Waals surface area contributed by atoms with Gasteiger partial charge in [-0.1, -0.05) is 42.8 Å². The summed E-state index contributed by atoms with van der Waals surface area (Å²) in [5.74, 6) is -0.338. The van der Waals surface area contributed by atoms with Crippen molar-refractivity contribution in [3.05, 3.63) is 83.9 Å². The number of carbonyl (C=O) groups excluding carboxylic acids is 2. The van der Waals surface area contributed by atoms with Crippen molar-refractivity contribution in [2.24, 2.45) is 5.92 Å². The zero-order valence-corrected chi connectivity index (χ0v) is 29.2. The van der Waals surface area contributed by atoms with Gasteiger partial charge in [0.1, 0.15) is 5.75 Å². The molecule has 0 saturated carbocycles. The first-order chi connectivity index (χ1) is 22.9. The number of nitrogens with zero attached hydrogens (tertiary/aromatic N) is 2. The maximum absolute atomic E-state index is 14.3. The van der Waals surface area contributed by atoms with E-state index in [1.165, 1.54) is 11.4 Å². The van der Waals surface area contributed by atoms with Crippen molar-refractivity contribution in [3.63, 3.8) is 0 Å². The fourth-order valence-electron chi connectivity index (χ4n) is 5.52. The maximum atomic E-state index is 14.3. The molecular weight excluding hydrogens is 632 g/mol. The molecule has 0 spiro atoms. The molecule has 0 unspecified atom stereocenters. The number of carbonyl (C=O) groups is 2. The van der Waals surface area contributed by atoms with Crippen molar-refractivity contribution in [1.29, 1.82) is 0 Å². The predicted molar refractivity (Wildman–Crippen MR) is 187 cm³/mol. The summed E-state index contributed by atoms with van der Waals surface area (Å²) in [5, 5.41) is 15.8. The number of nitrogens with one attached hydrogen (secondary N) is 2. The standard InChI is InChI=1S/C36H48N4O7S/c1-25-14-17-31(18-15-25)48(44,45)39(5)23-34-26(2)22-40(27(3)24-41)35(42)32-21-30(38-36(43)37-29-12-7-6-8-13-29)16-19-33(32)47-28(4)11-9-10-20-46-34/h6-8,12-19,21,26-28,34,41H,9-11,20,22-24H2,1-5H3,(H2,37,38,43)/t26-,27+,28+,34+/m1/s1. The number of aryl methyl sites for hydroxylation is 1. The van der Waals surface area contributed by atoms with Gasteiger partial charge in [-0.25, -0.2) is 13.2 Å². The highest BCUT2D eigenvalue weighted by Crippen LogP contribution is 2.29. The Morgan fingerprint density at radius 1 is 1.02 bits per heavy atom. The van der Waals surface area contributed by atoms with Gasteiger partial charge in [0.05, 0.1) is 35.3 Å². The van der Waals surface area contributed by atoms with Crippen LogP contribution in [0.1, 0.15) is 56.0 Å². The fourth-order valence-corrected chi connectivity index (χ4v) is 6.70. The van der Waals surface area contributed by atoms with Crippen molar-refractivity contribution < 1.29 is 32.6 Å². The molecule has 0 bridgehead atoms. The number of para-hydroxylation sites is 1. The van der Waals surface area contributed by atoms with E-state index in [1.807, 2.05) is 39.0 Å². The Morgan fingerprint density at radius 2 is 1.71 bits per heavy atom. The smallest absolute Gasteiger partial charge is 0.323 e. The highest BCUT2D eigenvalue weighted by molar-refractivity contribution is 7.89. The normalized spacial score (nSPS) is 20.3. The summed E-state index contributed by atoms with van der Waals surface area (Å²) < 4.78 is 40.8. The minimum absolute atomic E-state index is 0.0770. The Balaban J connectivity index is 1.62. The van der Waals surface area contributed by atoms with Crippen molar-refractivity contribution in [2.75, 3.05) is 44.0 Å². The molecule has 260 valence electrons. The van der Waals surface area contributed by atoms with E-state index < -0.39 is 34.1 Å². The molecule has 1 aliphatic heterocycles.